The lowest BCUT2D eigenvalue weighted by atomic mass is 9.62. The molecule has 0 heteroatoms. The van der Waals surface area contributed by atoms with E-state index in [-0.39, 0.29) is 0 Å². The van der Waals surface area contributed by atoms with Crippen LogP contribution in [0.4, 0.5) is 0 Å². The lowest BCUT2D eigenvalue weighted by Gasteiger charge is -2.43. The highest BCUT2D eigenvalue weighted by molar-refractivity contribution is 4.86. The van der Waals surface area contributed by atoms with E-state index in [1.165, 1.54) is 19.3 Å². The molecule has 0 atom stereocenters. The van der Waals surface area contributed by atoms with Gasteiger partial charge in [0.15, 0.2) is 0 Å². The Balaban J connectivity index is 1.85. The van der Waals surface area contributed by atoms with Crippen LogP contribution < -0.4 is 0 Å². The van der Waals surface area contributed by atoms with E-state index in [1.54, 1.807) is 25.7 Å². The van der Waals surface area contributed by atoms with E-state index in [0.29, 0.717) is 0 Å². The molecular weight excluding hydrogens is 156 g/mol. The van der Waals surface area contributed by atoms with Crippen LogP contribution in [0.3, 0.4) is 0 Å². The van der Waals surface area contributed by atoms with Crippen LogP contribution in [-0.2, 0) is 0 Å². The molecule has 0 unspecified atom stereocenters. The third-order valence-corrected chi connectivity index (χ3v) is 4.25. The van der Waals surface area contributed by atoms with Gasteiger partial charge < -0.3 is 0 Å². The highest BCUT2D eigenvalue weighted by Gasteiger charge is 2.35. The minimum absolute atomic E-state index is 0.922. The first kappa shape index (κ1) is 9.55. The van der Waals surface area contributed by atoms with Crippen molar-refractivity contribution in [2.45, 2.75) is 58.8 Å². The Kier molecular flexibility index (Phi) is 2.96. The van der Waals surface area contributed by atoms with E-state index in [0.717, 1.165) is 23.7 Å². The Morgan fingerprint density at radius 3 is 1.62 bits per heavy atom. The summed E-state index contributed by atoms with van der Waals surface area (Å²) in [5.74, 6) is 4.30. The average Bonchev–Trinajstić information content (AvgIpc) is 1.75. The maximum absolute atomic E-state index is 2.39. The molecule has 0 N–H and O–H groups in total. The third-order valence-electron chi connectivity index (χ3n) is 4.25. The minimum Gasteiger partial charge on any atom is -0.0628 e. The van der Waals surface area contributed by atoms with Gasteiger partial charge in [-0.25, -0.2) is 0 Å². The zero-order chi connectivity index (χ0) is 9.26. The standard InChI is InChI=1S/C13H24/c1-10(2)9-13(11-5-3-6-11)12-7-4-8-12/h10-13H,3-9H2,1-2H3. The first-order valence-electron chi connectivity index (χ1n) is 6.27. The van der Waals surface area contributed by atoms with Gasteiger partial charge >= 0.3 is 0 Å². The Morgan fingerprint density at radius 2 is 1.38 bits per heavy atom. The van der Waals surface area contributed by atoms with E-state index in [9.17, 15) is 0 Å². The maximum atomic E-state index is 2.39. The molecule has 0 aromatic carbocycles. The Labute approximate surface area is 83.1 Å². The predicted octanol–water partition coefficient (Wildman–Crippen LogP) is 4.25. The van der Waals surface area contributed by atoms with Gasteiger partial charge in [-0.3, -0.25) is 0 Å². The summed E-state index contributed by atoms with van der Waals surface area (Å²) in [6.07, 6.45) is 10.7. The van der Waals surface area contributed by atoms with Crippen molar-refractivity contribution in [3.05, 3.63) is 0 Å². The van der Waals surface area contributed by atoms with E-state index in [4.69, 9.17) is 0 Å². The summed E-state index contributed by atoms with van der Waals surface area (Å²) in [5, 5.41) is 0. The first-order chi connectivity index (χ1) is 6.27. The minimum atomic E-state index is 0.922. The zero-order valence-corrected chi connectivity index (χ0v) is 9.26. The topological polar surface area (TPSA) is 0 Å². The fourth-order valence-electron chi connectivity index (χ4n) is 3.05. The average molecular weight is 180 g/mol. The molecule has 2 fully saturated rings. The molecule has 0 radical (unpaired) electrons. The number of hydrogen-bond acceptors (Lipinski definition) is 0. The summed E-state index contributed by atoms with van der Waals surface area (Å²) >= 11 is 0. The molecule has 0 aromatic heterocycles. The SMILES string of the molecule is CC(C)CC(C1CCC1)C1CCC1. The molecular formula is C13H24. The van der Waals surface area contributed by atoms with Gasteiger partial charge in [0.2, 0.25) is 0 Å². The molecule has 0 heterocycles. The summed E-state index contributed by atoms with van der Waals surface area (Å²) < 4.78 is 0. The lowest BCUT2D eigenvalue weighted by Crippen LogP contribution is -2.33. The molecule has 2 saturated carbocycles. The number of rotatable bonds is 4. The molecule has 0 bridgehead atoms. The van der Waals surface area contributed by atoms with E-state index in [2.05, 4.69) is 13.8 Å². The molecule has 0 aliphatic heterocycles. The van der Waals surface area contributed by atoms with Crippen LogP contribution in [0.15, 0.2) is 0 Å². The van der Waals surface area contributed by atoms with Crippen molar-refractivity contribution >= 4 is 0 Å². The van der Waals surface area contributed by atoms with Gasteiger partial charge in [-0.15, -0.1) is 0 Å². The third kappa shape index (κ3) is 2.08. The fraction of sp³-hybridized carbons (Fsp3) is 1.00. The van der Waals surface area contributed by atoms with E-state index in [1.807, 2.05) is 0 Å². The molecule has 0 spiro atoms. The predicted molar refractivity (Wildman–Crippen MR) is 57.6 cm³/mol. The van der Waals surface area contributed by atoms with Crippen LogP contribution in [0, 0.1) is 23.7 Å². The molecule has 0 amide bonds. The fourth-order valence-corrected chi connectivity index (χ4v) is 3.05. The second-order valence-electron chi connectivity index (χ2n) is 5.68. The molecule has 0 saturated heterocycles. The van der Waals surface area contributed by atoms with Crippen molar-refractivity contribution in [1.29, 1.82) is 0 Å². The normalized spacial score (nSPS) is 24.9. The van der Waals surface area contributed by atoms with Crippen molar-refractivity contribution < 1.29 is 0 Å². The lowest BCUT2D eigenvalue weighted by molar-refractivity contribution is 0.0754. The van der Waals surface area contributed by atoms with Crippen LogP contribution in [0.2, 0.25) is 0 Å². The van der Waals surface area contributed by atoms with E-state index < -0.39 is 0 Å². The van der Waals surface area contributed by atoms with E-state index >= 15 is 0 Å². The summed E-state index contributed by atoms with van der Waals surface area (Å²) in [5.41, 5.74) is 0. The zero-order valence-electron chi connectivity index (χ0n) is 9.26. The second-order valence-corrected chi connectivity index (χ2v) is 5.68. The molecule has 0 nitrogen and oxygen atoms in total. The van der Waals surface area contributed by atoms with Crippen molar-refractivity contribution in [1.82, 2.24) is 0 Å². The quantitative estimate of drug-likeness (QED) is 0.606. The van der Waals surface area contributed by atoms with Gasteiger partial charge in [-0.2, -0.15) is 0 Å². The second kappa shape index (κ2) is 4.02. The molecule has 0 aromatic rings. The van der Waals surface area contributed by atoms with Gasteiger partial charge in [0.1, 0.15) is 0 Å². The Bertz CT molecular complexity index is 137. The highest BCUT2D eigenvalue weighted by Crippen LogP contribution is 2.46. The molecule has 2 rings (SSSR count). The smallest absolute Gasteiger partial charge is 0.0355 e. The van der Waals surface area contributed by atoms with Crippen LogP contribution in [0.1, 0.15) is 58.8 Å². The van der Waals surface area contributed by atoms with Gasteiger partial charge in [-0.05, 0) is 30.1 Å². The maximum Gasteiger partial charge on any atom is -0.0355 e. The molecule has 2 aliphatic rings. The Hall–Kier alpha value is 0. The van der Waals surface area contributed by atoms with Crippen LogP contribution in [-0.4, -0.2) is 0 Å². The highest BCUT2D eigenvalue weighted by atomic mass is 14.4. The van der Waals surface area contributed by atoms with Gasteiger partial charge in [0, 0.05) is 0 Å². The van der Waals surface area contributed by atoms with Crippen molar-refractivity contribution in [3.63, 3.8) is 0 Å². The summed E-state index contributed by atoms with van der Waals surface area (Å²) in [6.45, 7) is 4.79. The van der Waals surface area contributed by atoms with Crippen molar-refractivity contribution in [2.75, 3.05) is 0 Å². The first-order valence-corrected chi connectivity index (χ1v) is 6.27. The summed E-state index contributed by atoms with van der Waals surface area (Å²) in [6, 6.07) is 0. The van der Waals surface area contributed by atoms with Crippen LogP contribution in [0.5, 0.6) is 0 Å². The van der Waals surface area contributed by atoms with Gasteiger partial charge in [0.05, 0.1) is 0 Å². The van der Waals surface area contributed by atoms with Crippen LogP contribution in [0.25, 0.3) is 0 Å². The van der Waals surface area contributed by atoms with Gasteiger partial charge in [0.25, 0.3) is 0 Å². The number of hydrogen-bond donors (Lipinski definition) is 0. The van der Waals surface area contributed by atoms with Crippen molar-refractivity contribution in [2.24, 2.45) is 23.7 Å². The largest absolute Gasteiger partial charge is 0.0628 e. The summed E-state index contributed by atoms with van der Waals surface area (Å²) in [7, 11) is 0. The van der Waals surface area contributed by atoms with Crippen LogP contribution >= 0.6 is 0 Å². The summed E-state index contributed by atoms with van der Waals surface area (Å²) in [4.78, 5) is 0. The monoisotopic (exact) mass is 180 g/mol. The molecule has 2 aliphatic carbocycles. The van der Waals surface area contributed by atoms with Gasteiger partial charge in [-0.1, -0.05) is 52.4 Å². The molecule has 13 heavy (non-hydrogen) atoms. The Morgan fingerprint density at radius 1 is 0.923 bits per heavy atom. The molecule has 76 valence electrons. The van der Waals surface area contributed by atoms with Crippen molar-refractivity contribution in [3.8, 4) is 0 Å².